The van der Waals surface area contributed by atoms with Gasteiger partial charge >= 0.3 is 12.1 Å². The van der Waals surface area contributed by atoms with Crippen LogP contribution in [0.4, 0.5) is 10.5 Å². The summed E-state index contributed by atoms with van der Waals surface area (Å²) in [5.74, 6) is 1.51. The number of rotatable bonds is 6. The Balaban J connectivity index is 1.66. The molecule has 1 heterocycles. The standard InChI is InChI=1S/C21H28N4O5/c1-21(2,3)30-20(27)25-17-11-24-18(12-23-17)29-16-8-14(19(26)28-4)7-15(9-16)22-10-13-5-6-13/h7-9,11,13,22-23H,5-6,10,12H2,1-4H3,(H,25,27). The zero-order valence-electron chi connectivity index (χ0n) is 17.7. The van der Waals surface area contributed by atoms with Crippen LogP contribution in [0, 0.1) is 5.92 Å². The van der Waals surface area contributed by atoms with E-state index in [9.17, 15) is 9.59 Å². The molecule has 0 radical (unpaired) electrons. The fraction of sp³-hybridized carbons (Fsp3) is 0.476. The Bertz CT molecular complexity index is 869. The topological polar surface area (TPSA) is 110 Å². The smallest absolute Gasteiger partial charge is 0.413 e. The largest absolute Gasteiger partial charge is 0.465 e. The Morgan fingerprint density at radius 3 is 2.60 bits per heavy atom. The van der Waals surface area contributed by atoms with Crippen molar-refractivity contribution in [1.29, 1.82) is 0 Å². The van der Waals surface area contributed by atoms with Crippen LogP contribution < -0.4 is 20.7 Å². The molecule has 1 aliphatic carbocycles. The Kier molecular flexibility index (Phi) is 6.49. The zero-order valence-corrected chi connectivity index (χ0v) is 17.7. The maximum absolute atomic E-state index is 12.0. The summed E-state index contributed by atoms with van der Waals surface area (Å²) >= 11 is 0. The molecule has 0 unspecified atom stereocenters. The third-order valence-corrected chi connectivity index (χ3v) is 4.26. The van der Waals surface area contributed by atoms with Crippen molar-refractivity contribution >= 4 is 23.6 Å². The van der Waals surface area contributed by atoms with Crippen molar-refractivity contribution < 1.29 is 23.8 Å². The number of amides is 1. The van der Waals surface area contributed by atoms with Crippen LogP contribution in [0.2, 0.25) is 0 Å². The van der Waals surface area contributed by atoms with Crippen molar-refractivity contribution in [2.75, 3.05) is 25.5 Å². The van der Waals surface area contributed by atoms with Gasteiger partial charge in [-0.05, 0) is 51.7 Å². The number of benzene rings is 1. The molecule has 0 aromatic heterocycles. The zero-order chi connectivity index (χ0) is 21.7. The molecule has 9 heteroatoms. The maximum Gasteiger partial charge on any atom is 0.413 e. The number of carbonyl (C=O) groups excluding carboxylic acids is 2. The summed E-state index contributed by atoms with van der Waals surface area (Å²) in [4.78, 5) is 28.1. The van der Waals surface area contributed by atoms with Crippen LogP contribution in [0.25, 0.3) is 0 Å². The number of ether oxygens (including phenoxy) is 3. The molecule has 0 saturated heterocycles. The van der Waals surface area contributed by atoms with Gasteiger partial charge in [-0.25, -0.2) is 14.6 Å². The van der Waals surface area contributed by atoms with E-state index >= 15 is 0 Å². The van der Waals surface area contributed by atoms with Crippen molar-refractivity contribution in [3.8, 4) is 5.75 Å². The first-order valence-electron chi connectivity index (χ1n) is 9.88. The van der Waals surface area contributed by atoms with Crippen molar-refractivity contribution in [2.45, 2.75) is 39.2 Å². The molecule has 1 aliphatic heterocycles. The van der Waals surface area contributed by atoms with Gasteiger partial charge in [-0.3, -0.25) is 5.32 Å². The molecule has 9 nitrogen and oxygen atoms in total. The minimum Gasteiger partial charge on any atom is -0.465 e. The van der Waals surface area contributed by atoms with Crippen LogP contribution in [0.5, 0.6) is 5.75 Å². The number of carbonyl (C=O) groups is 2. The van der Waals surface area contributed by atoms with E-state index in [4.69, 9.17) is 14.2 Å². The van der Waals surface area contributed by atoms with Crippen molar-refractivity contribution in [2.24, 2.45) is 10.9 Å². The van der Waals surface area contributed by atoms with Gasteiger partial charge in [-0.1, -0.05) is 0 Å². The summed E-state index contributed by atoms with van der Waals surface area (Å²) in [6.45, 7) is 6.48. The number of anilines is 1. The molecule has 0 atom stereocenters. The molecule has 1 amide bonds. The fourth-order valence-corrected chi connectivity index (χ4v) is 2.67. The maximum atomic E-state index is 12.0. The van der Waals surface area contributed by atoms with Crippen LogP contribution in [0.3, 0.4) is 0 Å². The lowest BCUT2D eigenvalue weighted by atomic mass is 10.2. The van der Waals surface area contributed by atoms with E-state index in [2.05, 4.69) is 20.9 Å². The van der Waals surface area contributed by atoms with Gasteiger partial charge in [0.05, 0.1) is 25.4 Å². The number of hydrogen-bond donors (Lipinski definition) is 3. The molecule has 1 aromatic rings. The van der Waals surface area contributed by atoms with E-state index in [-0.39, 0.29) is 6.54 Å². The highest BCUT2D eigenvalue weighted by molar-refractivity contribution is 5.91. The number of methoxy groups -OCH3 is 1. The first-order valence-corrected chi connectivity index (χ1v) is 9.88. The number of nitrogens with zero attached hydrogens (tertiary/aromatic N) is 1. The summed E-state index contributed by atoms with van der Waals surface area (Å²) in [7, 11) is 1.34. The molecule has 30 heavy (non-hydrogen) atoms. The van der Waals surface area contributed by atoms with Crippen LogP contribution >= 0.6 is 0 Å². The molecule has 3 rings (SSSR count). The summed E-state index contributed by atoms with van der Waals surface area (Å²) in [5.41, 5.74) is 0.583. The van der Waals surface area contributed by atoms with Gasteiger partial charge in [-0.15, -0.1) is 0 Å². The van der Waals surface area contributed by atoms with Crippen LogP contribution in [0.1, 0.15) is 44.0 Å². The normalized spacial score (nSPS) is 15.9. The molecule has 162 valence electrons. The average molecular weight is 416 g/mol. The van der Waals surface area contributed by atoms with Crippen molar-refractivity contribution in [1.82, 2.24) is 10.6 Å². The second kappa shape index (κ2) is 9.06. The third kappa shape index (κ3) is 6.68. The third-order valence-electron chi connectivity index (χ3n) is 4.26. The van der Waals surface area contributed by atoms with Crippen LogP contribution in [-0.4, -0.2) is 43.8 Å². The molecular weight excluding hydrogens is 388 g/mol. The van der Waals surface area contributed by atoms with Gasteiger partial charge in [0.25, 0.3) is 0 Å². The van der Waals surface area contributed by atoms with Gasteiger partial charge in [0.2, 0.25) is 5.90 Å². The SMILES string of the molecule is COC(=O)c1cc(NCC2CC2)cc(OC2=NC=C(NC(=O)OC(C)(C)C)NC2)c1. The second-order valence-corrected chi connectivity index (χ2v) is 8.21. The van der Waals surface area contributed by atoms with E-state index < -0.39 is 17.7 Å². The number of aliphatic imine (C=N–C) groups is 1. The average Bonchev–Trinajstić information content (AvgIpc) is 3.50. The van der Waals surface area contributed by atoms with Gasteiger partial charge < -0.3 is 24.8 Å². The predicted molar refractivity (Wildman–Crippen MR) is 113 cm³/mol. The molecule has 1 saturated carbocycles. The van der Waals surface area contributed by atoms with E-state index in [1.54, 1.807) is 32.9 Å². The lowest BCUT2D eigenvalue weighted by molar-refractivity contribution is 0.0540. The van der Waals surface area contributed by atoms with E-state index in [0.717, 1.165) is 12.2 Å². The van der Waals surface area contributed by atoms with E-state index in [1.807, 2.05) is 6.07 Å². The molecule has 0 spiro atoms. The fourth-order valence-electron chi connectivity index (χ4n) is 2.67. The van der Waals surface area contributed by atoms with Crippen LogP contribution in [0.15, 0.2) is 35.2 Å². The first kappa shape index (κ1) is 21.5. The van der Waals surface area contributed by atoms with Crippen molar-refractivity contribution in [3.05, 3.63) is 35.8 Å². The number of esters is 1. The molecule has 0 bridgehead atoms. The monoisotopic (exact) mass is 416 g/mol. The van der Waals surface area contributed by atoms with Gasteiger partial charge in [-0.2, -0.15) is 0 Å². The Morgan fingerprint density at radius 2 is 2.00 bits per heavy atom. The molecular formula is C21H28N4O5. The minimum atomic E-state index is -0.591. The highest BCUT2D eigenvalue weighted by Gasteiger charge is 2.21. The molecule has 2 aliphatic rings. The number of nitrogens with one attached hydrogen (secondary N) is 3. The van der Waals surface area contributed by atoms with Crippen LogP contribution in [-0.2, 0) is 9.47 Å². The van der Waals surface area contributed by atoms with Gasteiger partial charge in [0, 0.05) is 18.3 Å². The highest BCUT2D eigenvalue weighted by atomic mass is 16.6. The predicted octanol–water partition coefficient (Wildman–Crippen LogP) is 3.00. The second-order valence-electron chi connectivity index (χ2n) is 8.21. The van der Waals surface area contributed by atoms with Gasteiger partial charge in [0.15, 0.2) is 0 Å². The Labute approximate surface area is 175 Å². The summed E-state index contributed by atoms with van der Waals surface area (Å²) in [6, 6.07) is 5.16. The lowest BCUT2D eigenvalue weighted by Crippen LogP contribution is -2.40. The van der Waals surface area contributed by atoms with E-state index in [0.29, 0.717) is 28.9 Å². The molecule has 1 aromatic carbocycles. The summed E-state index contributed by atoms with van der Waals surface area (Å²) < 4.78 is 15.9. The summed E-state index contributed by atoms with van der Waals surface area (Å²) in [5, 5.41) is 8.93. The minimum absolute atomic E-state index is 0.259. The molecule has 1 fully saturated rings. The quantitative estimate of drug-likeness (QED) is 0.612. The number of alkyl carbamates (subject to hydrolysis) is 1. The lowest BCUT2D eigenvalue weighted by Gasteiger charge is -2.22. The van der Waals surface area contributed by atoms with Crippen molar-refractivity contribution in [3.63, 3.8) is 0 Å². The summed E-state index contributed by atoms with van der Waals surface area (Å²) in [6.07, 6.45) is 3.32. The first-order chi connectivity index (χ1) is 14.2. The Hall–Kier alpha value is -3.23. The highest BCUT2D eigenvalue weighted by Crippen LogP contribution is 2.30. The van der Waals surface area contributed by atoms with Gasteiger partial charge in [0.1, 0.15) is 17.2 Å². The van der Waals surface area contributed by atoms with E-state index in [1.165, 1.54) is 26.2 Å². The number of hydrogen-bond acceptors (Lipinski definition) is 8. The molecule has 3 N–H and O–H groups in total. The Morgan fingerprint density at radius 1 is 1.23 bits per heavy atom.